The van der Waals surface area contributed by atoms with Crippen molar-refractivity contribution < 1.29 is 8.78 Å². The first kappa shape index (κ1) is 17.7. The molecule has 0 aliphatic carbocycles. The van der Waals surface area contributed by atoms with E-state index in [4.69, 9.17) is 10.7 Å². The average molecular weight is 357 g/mol. The zero-order valence-corrected chi connectivity index (χ0v) is 13.9. The van der Waals surface area contributed by atoms with Crippen molar-refractivity contribution in [2.75, 3.05) is 18.0 Å². The van der Waals surface area contributed by atoms with Gasteiger partial charge in [0, 0.05) is 19.2 Å². The van der Waals surface area contributed by atoms with Gasteiger partial charge in [-0.25, -0.2) is 23.7 Å². The summed E-state index contributed by atoms with van der Waals surface area (Å²) in [4.78, 5) is 17.6. The normalized spacial score (nSPS) is 17.6. The number of nitrogens with one attached hydrogen (secondary N) is 2. The van der Waals surface area contributed by atoms with Crippen LogP contribution in [0.5, 0.6) is 0 Å². The third-order valence-electron chi connectivity index (χ3n) is 4.11. The molecule has 2 N–H and O–H groups in total. The standard InChI is InChI=1S/C17H17F2N7/c18-17(19)12(21)3-4-15-22-8-14(25-15)13-6-16(24-10-23-13)26-5-1-2-11(7-20)9-26/h3-4,6,8,10-11,17,21H,1-2,5,9H2,(H,22,25)/b4-3-,21-12?. The lowest BCUT2D eigenvalue weighted by molar-refractivity contribution is 0.226. The highest BCUT2D eigenvalue weighted by Crippen LogP contribution is 2.24. The van der Waals surface area contributed by atoms with Crippen molar-refractivity contribution in [1.29, 1.82) is 10.7 Å². The van der Waals surface area contributed by atoms with E-state index in [9.17, 15) is 8.78 Å². The molecule has 9 heteroatoms. The SMILES string of the molecule is N#CC1CCCN(c2cc(-c3cnc(/C=C\C(=N)C(F)F)[nH]3)ncn2)C1. The van der Waals surface area contributed by atoms with E-state index in [1.54, 1.807) is 6.20 Å². The Morgan fingerprint density at radius 1 is 1.42 bits per heavy atom. The summed E-state index contributed by atoms with van der Waals surface area (Å²) in [6.45, 7) is 1.47. The van der Waals surface area contributed by atoms with Gasteiger partial charge in [0.1, 0.15) is 18.0 Å². The summed E-state index contributed by atoms with van der Waals surface area (Å²) in [7, 11) is 0. The first-order valence-electron chi connectivity index (χ1n) is 8.13. The van der Waals surface area contributed by atoms with Crippen molar-refractivity contribution in [3.63, 3.8) is 0 Å². The van der Waals surface area contributed by atoms with E-state index >= 15 is 0 Å². The highest BCUT2D eigenvalue weighted by molar-refractivity contribution is 5.97. The first-order chi connectivity index (χ1) is 12.6. The van der Waals surface area contributed by atoms with Crippen molar-refractivity contribution in [3.05, 3.63) is 30.5 Å². The van der Waals surface area contributed by atoms with Gasteiger partial charge in [0.25, 0.3) is 6.43 Å². The Bertz CT molecular complexity index is 853. The molecule has 2 aromatic rings. The maximum absolute atomic E-state index is 12.3. The van der Waals surface area contributed by atoms with Crippen LogP contribution < -0.4 is 4.90 Å². The lowest BCUT2D eigenvalue weighted by atomic mass is 10.00. The summed E-state index contributed by atoms with van der Waals surface area (Å²) >= 11 is 0. The molecule has 1 fully saturated rings. The number of hydrogen-bond acceptors (Lipinski definition) is 6. The number of allylic oxidation sites excluding steroid dienone is 1. The van der Waals surface area contributed by atoms with Crippen molar-refractivity contribution in [2.45, 2.75) is 19.3 Å². The van der Waals surface area contributed by atoms with Crippen molar-refractivity contribution in [2.24, 2.45) is 5.92 Å². The minimum absolute atomic E-state index is 0.00351. The highest BCUT2D eigenvalue weighted by atomic mass is 19.3. The molecule has 2 aromatic heterocycles. The maximum Gasteiger partial charge on any atom is 0.279 e. The van der Waals surface area contributed by atoms with Crippen molar-refractivity contribution in [3.8, 4) is 17.5 Å². The van der Waals surface area contributed by atoms with Gasteiger partial charge >= 0.3 is 0 Å². The van der Waals surface area contributed by atoms with Crippen molar-refractivity contribution >= 4 is 17.6 Å². The van der Waals surface area contributed by atoms with Gasteiger partial charge in [-0.3, -0.25) is 5.41 Å². The van der Waals surface area contributed by atoms with E-state index in [-0.39, 0.29) is 5.92 Å². The Morgan fingerprint density at radius 3 is 3.04 bits per heavy atom. The number of H-pyrrole nitrogens is 1. The van der Waals surface area contributed by atoms with Gasteiger partial charge in [-0.2, -0.15) is 5.26 Å². The Balaban J connectivity index is 1.76. The number of alkyl halides is 2. The fourth-order valence-electron chi connectivity index (χ4n) is 2.75. The number of rotatable bonds is 5. The highest BCUT2D eigenvalue weighted by Gasteiger charge is 2.21. The van der Waals surface area contributed by atoms with Crippen LogP contribution >= 0.6 is 0 Å². The minimum atomic E-state index is -2.81. The van der Waals surface area contributed by atoms with E-state index in [1.807, 2.05) is 6.07 Å². The number of hydrogen-bond donors (Lipinski definition) is 2. The summed E-state index contributed by atoms with van der Waals surface area (Å²) < 4.78 is 24.7. The second-order valence-electron chi connectivity index (χ2n) is 5.95. The lowest BCUT2D eigenvalue weighted by Gasteiger charge is -2.30. The predicted molar refractivity (Wildman–Crippen MR) is 92.9 cm³/mol. The van der Waals surface area contributed by atoms with Crippen LogP contribution in [0.3, 0.4) is 0 Å². The third kappa shape index (κ3) is 4.08. The molecular weight excluding hydrogens is 340 g/mol. The zero-order chi connectivity index (χ0) is 18.5. The molecule has 1 saturated heterocycles. The number of aromatic amines is 1. The zero-order valence-electron chi connectivity index (χ0n) is 13.9. The van der Waals surface area contributed by atoms with Gasteiger partial charge in [-0.1, -0.05) is 0 Å². The molecule has 1 aliphatic rings. The van der Waals surface area contributed by atoms with Crippen LogP contribution in [0.2, 0.25) is 0 Å². The number of nitrogens with zero attached hydrogens (tertiary/aromatic N) is 5. The number of nitriles is 1. The van der Waals surface area contributed by atoms with Gasteiger partial charge in [0.05, 0.1) is 35.3 Å². The Morgan fingerprint density at radius 2 is 2.27 bits per heavy atom. The molecule has 0 saturated carbocycles. The summed E-state index contributed by atoms with van der Waals surface area (Å²) in [6.07, 6.45) is 4.35. The predicted octanol–water partition coefficient (Wildman–Crippen LogP) is 2.90. The number of anilines is 1. The molecule has 0 bridgehead atoms. The van der Waals surface area contributed by atoms with Gasteiger partial charge in [-0.15, -0.1) is 0 Å². The van der Waals surface area contributed by atoms with Crippen LogP contribution in [0.15, 0.2) is 24.7 Å². The van der Waals surface area contributed by atoms with Crippen LogP contribution in [0.4, 0.5) is 14.6 Å². The second-order valence-corrected chi connectivity index (χ2v) is 5.95. The van der Waals surface area contributed by atoms with E-state index < -0.39 is 12.1 Å². The summed E-state index contributed by atoms with van der Waals surface area (Å²) in [5.74, 6) is 1.09. The van der Waals surface area contributed by atoms with Crippen LogP contribution in [0, 0.1) is 22.7 Å². The molecule has 7 nitrogen and oxygen atoms in total. The van der Waals surface area contributed by atoms with Gasteiger partial charge < -0.3 is 9.88 Å². The molecule has 3 heterocycles. The van der Waals surface area contributed by atoms with E-state index in [1.165, 1.54) is 12.4 Å². The topological polar surface area (TPSA) is 105 Å². The molecule has 0 aromatic carbocycles. The molecule has 0 amide bonds. The fraction of sp³-hybridized carbons (Fsp3) is 0.353. The smallest absolute Gasteiger partial charge is 0.279 e. The number of halogens is 2. The number of aromatic nitrogens is 4. The van der Waals surface area contributed by atoms with Crippen LogP contribution in [0.1, 0.15) is 18.7 Å². The maximum atomic E-state index is 12.3. The number of imidazole rings is 1. The van der Waals surface area contributed by atoms with E-state index in [0.717, 1.165) is 31.3 Å². The quantitative estimate of drug-likeness (QED) is 0.801. The molecule has 26 heavy (non-hydrogen) atoms. The third-order valence-corrected chi connectivity index (χ3v) is 4.11. The van der Waals surface area contributed by atoms with Gasteiger partial charge in [-0.05, 0) is 25.0 Å². The van der Waals surface area contributed by atoms with Crippen molar-refractivity contribution in [1.82, 2.24) is 19.9 Å². The lowest BCUT2D eigenvalue weighted by Crippen LogP contribution is -2.35. The van der Waals surface area contributed by atoms with E-state index in [0.29, 0.717) is 23.8 Å². The Labute approximate surface area is 148 Å². The monoisotopic (exact) mass is 357 g/mol. The minimum Gasteiger partial charge on any atom is -0.355 e. The van der Waals surface area contributed by atoms with Gasteiger partial charge in [0.2, 0.25) is 0 Å². The molecule has 1 atom stereocenters. The molecule has 0 radical (unpaired) electrons. The van der Waals surface area contributed by atoms with Gasteiger partial charge in [0.15, 0.2) is 0 Å². The summed E-state index contributed by atoms with van der Waals surface area (Å²) in [5.41, 5.74) is 0.459. The second kappa shape index (κ2) is 7.82. The average Bonchev–Trinajstić information content (AvgIpc) is 3.15. The fourth-order valence-corrected chi connectivity index (χ4v) is 2.75. The molecule has 1 unspecified atom stereocenters. The van der Waals surface area contributed by atoms with Crippen LogP contribution in [-0.2, 0) is 0 Å². The largest absolute Gasteiger partial charge is 0.355 e. The Kier molecular flexibility index (Phi) is 5.31. The summed E-state index contributed by atoms with van der Waals surface area (Å²) in [5, 5.41) is 16.2. The first-order valence-corrected chi connectivity index (χ1v) is 8.13. The molecule has 1 aliphatic heterocycles. The van der Waals surface area contributed by atoms with Crippen LogP contribution in [-0.4, -0.2) is 45.2 Å². The Hall–Kier alpha value is -3.15. The molecule has 0 spiro atoms. The summed E-state index contributed by atoms with van der Waals surface area (Å²) in [6, 6.07) is 4.11. The number of piperidine rings is 1. The van der Waals surface area contributed by atoms with E-state index in [2.05, 4.69) is 30.9 Å². The molecule has 3 rings (SSSR count). The molecule has 134 valence electrons. The molecular formula is C17H17F2N7. The van der Waals surface area contributed by atoms with Crippen LogP contribution in [0.25, 0.3) is 17.5 Å².